The van der Waals surface area contributed by atoms with Crippen molar-refractivity contribution in [3.8, 4) is 0 Å². The molecule has 3 nitrogen and oxygen atoms in total. The highest BCUT2D eigenvalue weighted by Gasteiger charge is 2.37. The molecule has 2 rings (SSSR count). The fraction of sp³-hybridized carbons (Fsp3) is 0.250. The van der Waals surface area contributed by atoms with Crippen molar-refractivity contribution in [1.82, 2.24) is 0 Å². The van der Waals surface area contributed by atoms with Gasteiger partial charge in [-0.05, 0) is 49.9 Å². The average molecular weight is 362 g/mol. The summed E-state index contributed by atoms with van der Waals surface area (Å²) >= 11 is 6.38. The minimum absolute atomic E-state index is 0.329. The molecule has 1 aromatic carbocycles. The Kier molecular flexibility index (Phi) is 3.70. The number of rotatable bonds is 2. The molecule has 1 heterocycles. The molecular weight excluding hydrogens is 352 g/mol. The van der Waals surface area contributed by atoms with Gasteiger partial charge < -0.3 is 9.84 Å². The fourth-order valence-corrected chi connectivity index (χ4v) is 2.55. The van der Waals surface area contributed by atoms with Crippen LogP contribution in [0.15, 0.2) is 33.2 Å². The maximum atomic E-state index is 11.3. The molecule has 2 atom stereocenters. The minimum Gasteiger partial charge on any atom is -0.450 e. The maximum Gasteiger partial charge on any atom is 0.346 e. The number of ether oxygens (including phenoxy) is 1. The number of aliphatic hydroxyl groups excluding tert-OH is 1. The Hall–Kier alpha value is -0.650. The van der Waals surface area contributed by atoms with Crippen LogP contribution < -0.4 is 0 Å². The van der Waals surface area contributed by atoms with E-state index in [4.69, 9.17) is 4.74 Å². The third-order valence-corrected chi connectivity index (χ3v) is 4.80. The minimum atomic E-state index is -0.871. The van der Waals surface area contributed by atoms with Crippen LogP contribution in [0.5, 0.6) is 0 Å². The van der Waals surface area contributed by atoms with Crippen LogP contribution >= 0.6 is 31.9 Å². The second-order valence-corrected chi connectivity index (χ2v) is 5.44. The SMILES string of the molecule is Cc1ccccc1[C@@H](O)[C@H]1OC(=O)C(Br)=C1Br. The van der Waals surface area contributed by atoms with E-state index >= 15 is 0 Å². The molecule has 1 aliphatic rings. The Morgan fingerprint density at radius 1 is 1.35 bits per heavy atom. The highest BCUT2D eigenvalue weighted by Crippen LogP contribution is 2.38. The normalized spacial score (nSPS) is 21.6. The fourth-order valence-electron chi connectivity index (χ4n) is 1.73. The van der Waals surface area contributed by atoms with Crippen LogP contribution in [0.2, 0.25) is 0 Å². The Bertz CT molecular complexity index is 496. The molecule has 0 unspecified atom stereocenters. The van der Waals surface area contributed by atoms with Gasteiger partial charge in [-0.25, -0.2) is 4.79 Å². The van der Waals surface area contributed by atoms with Crippen molar-refractivity contribution in [3.05, 3.63) is 44.4 Å². The largest absolute Gasteiger partial charge is 0.450 e. The van der Waals surface area contributed by atoms with E-state index < -0.39 is 18.2 Å². The molecule has 1 aliphatic heterocycles. The zero-order valence-corrected chi connectivity index (χ0v) is 12.2. The van der Waals surface area contributed by atoms with E-state index in [9.17, 15) is 9.90 Å². The van der Waals surface area contributed by atoms with Crippen molar-refractivity contribution < 1.29 is 14.6 Å². The van der Waals surface area contributed by atoms with Crippen LogP contribution in [0, 0.1) is 6.92 Å². The summed E-state index contributed by atoms with van der Waals surface area (Å²) in [6, 6.07) is 7.46. The number of esters is 1. The predicted octanol–water partition coefficient (Wildman–Crippen LogP) is 2.96. The third kappa shape index (κ3) is 2.32. The Morgan fingerprint density at radius 3 is 2.53 bits per heavy atom. The van der Waals surface area contributed by atoms with Crippen LogP contribution in [0.1, 0.15) is 17.2 Å². The number of carbonyl (C=O) groups is 1. The van der Waals surface area contributed by atoms with Gasteiger partial charge in [-0.1, -0.05) is 24.3 Å². The predicted molar refractivity (Wildman–Crippen MR) is 70.9 cm³/mol. The van der Waals surface area contributed by atoms with Crippen LogP contribution in [0.25, 0.3) is 0 Å². The second-order valence-electron chi connectivity index (χ2n) is 3.79. The Balaban J connectivity index is 2.32. The molecule has 0 spiro atoms. The van der Waals surface area contributed by atoms with Crippen LogP contribution in [0.4, 0.5) is 0 Å². The summed E-state index contributed by atoms with van der Waals surface area (Å²) in [5.74, 6) is -0.463. The van der Waals surface area contributed by atoms with Crippen molar-refractivity contribution in [2.24, 2.45) is 0 Å². The first-order valence-corrected chi connectivity index (χ1v) is 6.60. The van der Waals surface area contributed by atoms with E-state index in [-0.39, 0.29) is 0 Å². The molecule has 1 N–H and O–H groups in total. The van der Waals surface area contributed by atoms with Crippen molar-refractivity contribution in [2.75, 3.05) is 0 Å². The molecule has 0 saturated heterocycles. The lowest BCUT2D eigenvalue weighted by atomic mass is 10.00. The summed E-state index contributed by atoms with van der Waals surface area (Å²) in [5.41, 5.74) is 1.71. The van der Waals surface area contributed by atoms with Gasteiger partial charge in [0.1, 0.15) is 10.6 Å². The first-order chi connectivity index (χ1) is 8.02. The number of aryl methyl sites for hydroxylation is 1. The quantitative estimate of drug-likeness (QED) is 0.824. The van der Waals surface area contributed by atoms with E-state index in [1.54, 1.807) is 0 Å². The molecule has 17 heavy (non-hydrogen) atoms. The van der Waals surface area contributed by atoms with E-state index in [0.29, 0.717) is 8.96 Å². The van der Waals surface area contributed by atoms with E-state index in [2.05, 4.69) is 31.9 Å². The molecule has 0 aromatic heterocycles. The maximum absolute atomic E-state index is 11.3. The van der Waals surface area contributed by atoms with Crippen LogP contribution in [-0.4, -0.2) is 17.2 Å². The van der Waals surface area contributed by atoms with Gasteiger partial charge in [0.05, 0.1) is 4.48 Å². The number of aliphatic hydroxyl groups is 1. The van der Waals surface area contributed by atoms with Crippen molar-refractivity contribution >= 4 is 37.8 Å². The Morgan fingerprint density at radius 2 is 2.00 bits per heavy atom. The van der Waals surface area contributed by atoms with Gasteiger partial charge in [-0.2, -0.15) is 0 Å². The summed E-state index contributed by atoms with van der Waals surface area (Å²) < 4.78 is 5.97. The number of cyclic esters (lactones) is 1. The van der Waals surface area contributed by atoms with Crippen LogP contribution in [0.3, 0.4) is 0 Å². The molecule has 1 aromatic rings. The zero-order valence-electron chi connectivity index (χ0n) is 8.98. The molecule has 0 bridgehead atoms. The summed E-state index contributed by atoms with van der Waals surface area (Å²) in [5, 5.41) is 10.2. The van der Waals surface area contributed by atoms with Crippen molar-refractivity contribution in [2.45, 2.75) is 19.1 Å². The number of halogens is 2. The van der Waals surface area contributed by atoms with E-state index in [1.165, 1.54) is 0 Å². The standard InChI is InChI=1S/C12H10Br2O3/c1-6-4-2-3-5-7(6)10(15)11-8(13)9(14)12(16)17-11/h2-5,10-11,15H,1H3/t10-,11+/m1/s1. The van der Waals surface area contributed by atoms with Gasteiger partial charge in [0.15, 0.2) is 6.10 Å². The molecule has 0 saturated carbocycles. The van der Waals surface area contributed by atoms with Gasteiger partial charge >= 0.3 is 5.97 Å². The molecule has 90 valence electrons. The summed E-state index contributed by atoms with van der Waals surface area (Å²) in [4.78, 5) is 11.3. The van der Waals surface area contributed by atoms with Crippen molar-refractivity contribution in [3.63, 3.8) is 0 Å². The summed E-state index contributed by atoms with van der Waals surface area (Å²) in [6.45, 7) is 1.90. The monoisotopic (exact) mass is 360 g/mol. The lowest BCUT2D eigenvalue weighted by Crippen LogP contribution is -2.20. The second kappa shape index (κ2) is 4.92. The number of hydrogen-bond acceptors (Lipinski definition) is 3. The van der Waals surface area contributed by atoms with Gasteiger partial charge in [-0.3, -0.25) is 0 Å². The first kappa shape index (κ1) is 12.8. The summed E-state index contributed by atoms with van der Waals surface area (Å²) in [7, 11) is 0. The molecule has 0 radical (unpaired) electrons. The van der Waals surface area contributed by atoms with E-state index in [0.717, 1.165) is 11.1 Å². The lowest BCUT2D eigenvalue weighted by Gasteiger charge is -2.19. The highest BCUT2D eigenvalue weighted by molar-refractivity contribution is 9.14. The number of hydrogen-bond donors (Lipinski definition) is 1. The Labute approximate surface area is 116 Å². The smallest absolute Gasteiger partial charge is 0.346 e. The van der Waals surface area contributed by atoms with Gasteiger partial charge in [0.2, 0.25) is 0 Å². The molecule has 5 heteroatoms. The molecule has 0 amide bonds. The van der Waals surface area contributed by atoms with E-state index in [1.807, 2.05) is 31.2 Å². The molecular formula is C12H10Br2O3. The summed E-state index contributed by atoms with van der Waals surface area (Å²) in [6.07, 6.45) is -1.55. The van der Waals surface area contributed by atoms with Gasteiger partial charge in [-0.15, -0.1) is 0 Å². The highest BCUT2D eigenvalue weighted by atomic mass is 79.9. The van der Waals surface area contributed by atoms with Gasteiger partial charge in [0.25, 0.3) is 0 Å². The van der Waals surface area contributed by atoms with Crippen molar-refractivity contribution in [1.29, 1.82) is 0 Å². The topological polar surface area (TPSA) is 46.5 Å². The average Bonchev–Trinajstić information content (AvgIpc) is 2.57. The van der Waals surface area contributed by atoms with Crippen LogP contribution in [-0.2, 0) is 9.53 Å². The number of benzene rings is 1. The first-order valence-electron chi connectivity index (χ1n) is 5.02. The lowest BCUT2D eigenvalue weighted by molar-refractivity contribution is -0.143. The molecule has 0 fully saturated rings. The third-order valence-electron chi connectivity index (χ3n) is 2.67. The van der Waals surface area contributed by atoms with Gasteiger partial charge in [0, 0.05) is 0 Å². The zero-order chi connectivity index (χ0) is 12.6. The number of carbonyl (C=O) groups excluding carboxylic acids is 1. The molecule has 0 aliphatic carbocycles.